The number of rotatable bonds is 7. The fourth-order valence-corrected chi connectivity index (χ4v) is 2.58. The van der Waals surface area contributed by atoms with Gasteiger partial charge in [-0.2, -0.15) is 0 Å². The van der Waals surface area contributed by atoms with Crippen LogP contribution in [-0.2, 0) is 6.54 Å². The van der Waals surface area contributed by atoms with Crippen LogP contribution in [-0.4, -0.2) is 31.1 Å². The van der Waals surface area contributed by atoms with Crippen molar-refractivity contribution < 1.29 is 4.74 Å². The lowest BCUT2D eigenvalue weighted by atomic mass is 10.3. The first-order valence-electron chi connectivity index (χ1n) is 7.31. The summed E-state index contributed by atoms with van der Waals surface area (Å²) >= 11 is 1.66. The topological polar surface area (TPSA) is 58.5 Å². The molecular weight excluding hydrogens is 423 g/mol. The highest BCUT2D eigenvalue weighted by atomic mass is 127. The zero-order valence-electron chi connectivity index (χ0n) is 13.4. The molecule has 0 amide bonds. The lowest BCUT2D eigenvalue weighted by Gasteiger charge is -2.11. The Morgan fingerprint density at radius 1 is 1.26 bits per heavy atom. The molecule has 0 unspecified atom stereocenters. The second kappa shape index (κ2) is 11.2. The third-order valence-electron chi connectivity index (χ3n) is 3.11. The van der Waals surface area contributed by atoms with Gasteiger partial charge in [0.15, 0.2) is 5.96 Å². The minimum Gasteiger partial charge on any atom is -0.494 e. The minimum absolute atomic E-state index is 0. The number of nitrogens with zero attached hydrogens (tertiary/aromatic N) is 2. The second-order valence-corrected chi connectivity index (χ2v) is 5.67. The van der Waals surface area contributed by atoms with Crippen LogP contribution in [0.15, 0.2) is 40.8 Å². The van der Waals surface area contributed by atoms with Gasteiger partial charge in [0.05, 0.1) is 24.4 Å². The normalized spacial score (nSPS) is 10.8. The molecule has 23 heavy (non-hydrogen) atoms. The summed E-state index contributed by atoms with van der Waals surface area (Å²) in [5.41, 5.74) is 2.94. The third kappa shape index (κ3) is 7.17. The predicted octanol–water partition coefficient (Wildman–Crippen LogP) is 3.20. The Morgan fingerprint density at radius 3 is 2.70 bits per heavy atom. The van der Waals surface area contributed by atoms with Gasteiger partial charge in [-0.25, -0.2) is 4.98 Å². The van der Waals surface area contributed by atoms with Gasteiger partial charge in [-0.1, -0.05) is 18.2 Å². The number of thiazole rings is 1. The van der Waals surface area contributed by atoms with Gasteiger partial charge in [0, 0.05) is 18.5 Å². The van der Waals surface area contributed by atoms with Crippen LogP contribution in [0.1, 0.15) is 17.0 Å². The van der Waals surface area contributed by atoms with Gasteiger partial charge in [-0.3, -0.25) is 4.99 Å². The zero-order valence-corrected chi connectivity index (χ0v) is 16.6. The molecule has 0 fully saturated rings. The highest BCUT2D eigenvalue weighted by Crippen LogP contribution is 2.11. The van der Waals surface area contributed by atoms with E-state index in [-0.39, 0.29) is 24.0 Å². The Kier molecular flexibility index (Phi) is 9.61. The van der Waals surface area contributed by atoms with E-state index in [9.17, 15) is 0 Å². The lowest BCUT2D eigenvalue weighted by molar-refractivity contribution is 0.311. The second-order valence-electron chi connectivity index (χ2n) is 4.73. The quantitative estimate of drug-likeness (QED) is 0.297. The third-order valence-corrected chi connectivity index (χ3v) is 4.05. The maximum absolute atomic E-state index is 5.65. The van der Waals surface area contributed by atoms with E-state index in [4.69, 9.17) is 4.74 Å². The summed E-state index contributed by atoms with van der Waals surface area (Å²) in [5, 5.41) is 6.57. The molecule has 126 valence electrons. The molecule has 0 saturated heterocycles. The van der Waals surface area contributed by atoms with Crippen molar-refractivity contribution in [2.45, 2.75) is 19.9 Å². The maximum Gasteiger partial charge on any atom is 0.191 e. The standard InChI is InChI=1S/C16H22N4OS.HI/c1-13-15(22-12-20-13)11-19-16(17-2)18-9-6-10-21-14-7-4-3-5-8-14;/h3-5,7-8,12H,6,9-11H2,1-2H3,(H2,17,18,19);1H. The Balaban J connectivity index is 0.00000264. The van der Waals surface area contributed by atoms with Crippen molar-refractivity contribution in [1.82, 2.24) is 15.6 Å². The number of benzene rings is 1. The van der Waals surface area contributed by atoms with E-state index in [1.165, 1.54) is 4.88 Å². The summed E-state index contributed by atoms with van der Waals surface area (Å²) < 4.78 is 5.65. The lowest BCUT2D eigenvalue weighted by Crippen LogP contribution is -2.37. The van der Waals surface area contributed by atoms with Crippen molar-refractivity contribution in [2.75, 3.05) is 20.2 Å². The van der Waals surface area contributed by atoms with Crippen LogP contribution in [0.5, 0.6) is 5.75 Å². The fraction of sp³-hybridized carbons (Fsp3) is 0.375. The Bertz CT molecular complexity index is 589. The molecule has 1 aromatic carbocycles. The van der Waals surface area contributed by atoms with Gasteiger partial charge in [0.2, 0.25) is 0 Å². The molecule has 0 spiro atoms. The van der Waals surface area contributed by atoms with Gasteiger partial charge in [-0.05, 0) is 25.5 Å². The number of aryl methyl sites for hydroxylation is 1. The average molecular weight is 446 g/mol. The molecule has 7 heteroatoms. The first kappa shape index (κ1) is 19.7. The molecule has 2 N–H and O–H groups in total. The van der Waals surface area contributed by atoms with E-state index in [1.807, 2.05) is 42.8 Å². The summed E-state index contributed by atoms with van der Waals surface area (Å²) in [6.45, 7) is 4.26. The highest BCUT2D eigenvalue weighted by molar-refractivity contribution is 14.0. The number of para-hydroxylation sites is 1. The van der Waals surface area contributed by atoms with E-state index in [0.29, 0.717) is 6.61 Å². The first-order valence-corrected chi connectivity index (χ1v) is 8.19. The van der Waals surface area contributed by atoms with Crippen LogP contribution in [0.2, 0.25) is 0 Å². The van der Waals surface area contributed by atoms with Gasteiger partial charge in [-0.15, -0.1) is 35.3 Å². The molecule has 2 rings (SSSR count). The molecule has 1 aromatic heterocycles. The number of nitrogens with one attached hydrogen (secondary N) is 2. The van der Waals surface area contributed by atoms with Crippen LogP contribution in [0, 0.1) is 6.92 Å². The SMILES string of the molecule is CN=C(NCCCOc1ccccc1)NCc1scnc1C.I. The Hall–Kier alpha value is -1.35. The summed E-state index contributed by atoms with van der Waals surface area (Å²) in [4.78, 5) is 9.68. The predicted molar refractivity (Wildman–Crippen MR) is 107 cm³/mol. The van der Waals surface area contributed by atoms with E-state index >= 15 is 0 Å². The molecule has 0 aliphatic heterocycles. The molecule has 5 nitrogen and oxygen atoms in total. The van der Waals surface area contributed by atoms with E-state index < -0.39 is 0 Å². The van der Waals surface area contributed by atoms with Crippen LogP contribution in [0.4, 0.5) is 0 Å². The van der Waals surface area contributed by atoms with Crippen LogP contribution in [0.25, 0.3) is 0 Å². The van der Waals surface area contributed by atoms with Crippen molar-refractivity contribution in [3.8, 4) is 5.75 Å². The number of guanidine groups is 1. The molecule has 2 aromatic rings. The zero-order chi connectivity index (χ0) is 15.6. The van der Waals surface area contributed by atoms with E-state index in [2.05, 4.69) is 20.6 Å². The Morgan fingerprint density at radius 2 is 2.04 bits per heavy atom. The number of halogens is 1. The van der Waals surface area contributed by atoms with E-state index in [0.717, 1.165) is 36.9 Å². The van der Waals surface area contributed by atoms with Crippen molar-refractivity contribution >= 4 is 41.3 Å². The monoisotopic (exact) mass is 446 g/mol. The molecule has 0 saturated carbocycles. The minimum atomic E-state index is 0. The van der Waals surface area contributed by atoms with Crippen molar-refractivity contribution in [3.63, 3.8) is 0 Å². The average Bonchev–Trinajstić information content (AvgIpc) is 2.96. The van der Waals surface area contributed by atoms with Gasteiger partial charge < -0.3 is 15.4 Å². The van der Waals surface area contributed by atoms with Crippen LogP contribution >= 0.6 is 35.3 Å². The maximum atomic E-state index is 5.65. The molecular formula is C16H23IN4OS. The van der Waals surface area contributed by atoms with E-state index in [1.54, 1.807) is 18.4 Å². The fourth-order valence-electron chi connectivity index (χ4n) is 1.87. The van der Waals surface area contributed by atoms with Crippen molar-refractivity contribution in [3.05, 3.63) is 46.4 Å². The largest absolute Gasteiger partial charge is 0.494 e. The molecule has 1 heterocycles. The molecule has 0 atom stereocenters. The Labute approximate surface area is 158 Å². The molecule has 0 aliphatic rings. The van der Waals surface area contributed by atoms with Gasteiger partial charge in [0.25, 0.3) is 0 Å². The number of aromatic nitrogens is 1. The van der Waals surface area contributed by atoms with Crippen molar-refractivity contribution in [2.24, 2.45) is 4.99 Å². The van der Waals surface area contributed by atoms with Gasteiger partial charge >= 0.3 is 0 Å². The first-order chi connectivity index (χ1) is 10.8. The molecule has 0 bridgehead atoms. The summed E-state index contributed by atoms with van der Waals surface area (Å²) in [6.07, 6.45) is 0.912. The number of hydrogen-bond donors (Lipinski definition) is 2. The van der Waals surface area contributed by atoms with Crippen LogP contribution < -0.4 is 15.4 Å². The summed E-state index contributed by atoms with van der Waals surface area (Å²) in [6, 6.07) is 9.85. The number of hydrogen-bond acceptors (Lipinski definition) is 4. The van der Waals surface area contributed by atoms with Crippen molar-refractivity contribution in [1.29, 1.82) is 0 Å². The molecule has 0 radical (unpaired) electrons. The summed E-state index contributed by atoms with van der Waals surface area (Å²) in [5.74, 6) is 1.71. The highest BCUT2D eigenvalue weighted by Gasteiger charge is 2.02. The van der Waals surface area contributed by atoms with Crippen LogP contribution in [0.3, 0.4) is 0 Å². The summed E-state index contributed by atoms with van der Waals surface area (Å²) in [7, 11) is 1.77. The van der Waals surface area contributed by atoms with Gasteiger partial charge in [0.1, 0.15) is 5.75 Å². The number of aliphatic imine (C=N–C) groups is 1. The smallest absolute Gasteiger partial charge is 0.191 e. The number of ether oxygens (including phenoxy) is 1. The molecule has 0 aliphatic carbocycles.